The summed E-state index contributed by atoms with van der Waals surface area (Å²) in [6.45, 7) is -0.681. The Morgan fingerprint density at radius 3 is 2.18 bits per heavy atom. The molecule has 2 heterocycles. The molecule has 0 saturated carbocycles. The second-order valence-corrected chi connectivity index (χ2v) is 7.68. The first kappa shape index (κ1) is 23.6. The normalized spacial score (nSPS) is 24.8. The predicted molar refractivity (Wildman–Crippen MR) is 114 cm³/mol. The van der Waals surface area contributed by atoms with Gasteiger partial charge in [-0.3, -0.25) is 0 Å². The fourth-order valence-electron chi connectivity index (χ4n) is 3.70. The molecule has 4 rings (SSSR count). The summed E-state index contributed by atoms with van der Waals surface area (Å²) in [6, 6.07) is 5.92. The van der Waals surface area contributed by atoms with Gasteiger partial charge in [-0.25, -0.2) is 4.42 Å². The van der Waals surface area contributed by atoms with Crippen LogP contribution in [0.5, 0.6) is 34.5 Å². The van der Waals surface area contributed by atoms with Crippen molar-refractivity contribution in [3.8, 4) is 45.8 Å². The van der Waals surface area contributed by atoms with E-state index in [0.717, 1.165) is 6.07 Å². The minimum absolute atomic E-state index is 0.00319. The van der Waals surface area contributed by atoms with Crippen molar-refractivity contribution < 1.29 is 59.5 Å². The van der Waals surface area contributed by atoms with E-state index in [1.807, 2.05) is 0 Å². The minimum atomic E-state index is -1.74. The van der Waals surface area contributed by atoms with Gasteiger partial charge in [0, 0.05) is 24.3 Å². The van der Waals surface area contributed by atoms with E-state index in [-0.39, 0.29) is 45.3 Å². The largest absolute Gasteiger partial charge is 0.507 e. The average Bonchev–Trinajstić information content (AvgIpc) is 2.79. The van der Waals surface area contributed by atoms with Crippen LogP contribution < -0.4 is 9.47 Å². The fraction of sp³-hybridized carbons (Fsp3) is 0.318. The van der Waals surface area contributed by atoms with Gasteiger partial charge in [0.15, 0.2) is 11.5 Å². The van der Waals surface area contributed by atoms with Gasteiger partial charge in [-0.2, -0.15) is 0 Å². The molecule has 3 aromatic rings. The maximum Gasteiger partial charge on any atom is 0.402 e. The van der Waals surface area contributed by atoms with E-state index in [9.17, 15) is 40.9 Å². The van der Waals surface area contributed by atoms with Crippen LogP contribution in [0.15, 0.2) is 34.7 Å². The standard InChI is InChI=1S/C22H22O12/c1-31-21-12(26)2-8(3-13(21)27)20-15(6-10-11(25)4-9(24)5-14(10)32-20)33-22-19(30)18(29)17(28)16(7-23)34-22/h2-6,16-19,22-23,28-30H,7H2,1H3,(H3-,24,25,26,27)/p+1/t16-,17-,18+,19-,22-/m1/s1. The lowest BCUT2D eigenvalue weighted by molar-refractivity contribution is -0.277. The summed E-state index contributed by atoms with van der Waals surface area (Å²) >= 11 is 0. The summed E-state index contributed by atoms with van der Waals surface area (Å²) in [7, 11) is 1.24. The molecule has 0 amide bonds. The monoisotopic (exact) mass is 479 g/mol. The maximum absolute atomic E-state index is 10.4. The Balaban J connectivity index is 1.86. The highest BCUT2D eigenvalue weighted by Crippen LogP contribution is 2.45. The number of hydrogen-bond donors (Lipinski definition) is 8. The molecule has 8 N–H and O–H groups in total. The molecular weight excluding hydrogens is 456 g/mol. The highest BCUT2D eigenvalue weighted by atomic mass is 16.7. The zero-order valence-electron chi connectivity index (χ0n) is 17.7. The van der Waals surface area contributed by atoms with Crippen molar-refractivity contribution in [1.82, 2.24) is 0 Å². The first-order chi connectivity index (χ1) is 16.1. The first-order valence-electron chi connectivity index (χ1n) is 10.0. The molecule has 0 aliphatic carbocycles. The van der Waals surface area contributed by atoms with E-state index >= 15 is 0 Å². The molecular formula is C22H23O12+. The van der Waals surface area contributed by atoms with Gasteiger partial charge in [0.2, 0.25) is 17.8 Å². The number of benzene rings is 2. The molecule has 182 valence electrons. The number of aromatic hydroxyl groups is 4. The van der Waals surface area contributed by atoms with Gasteiger partial charge < -0.3 is 55.1 Å². The second-order valence-electron chi connectivity index (χ2n) is 7.68. The van der Waals surface area contributed by atoms with Gasteiger partial charge in [0.05, 0.1) is 25.3 Å². The number of hydrogen-bond acceptors (Lipinski definition) is 11. The van der Waals surface area contributed by atoms with E-state index in [1.165, 1.54) is 31.4 Å². The number of phenols is 4. The van der Waals surface area contributed by atoms with Gasteiger partial charge >= 0.3 is 11.3 Å². The molecule has 1 aromatic heterocycles. The number of aliphatic hydroxyl groups excluding tert-OH is 4. The highest BCUT2D eigenvalue weighted by molar-refractivity contribution is 5.88. The summed E-state index contributed by atoms with van der Waals surface area (Å²) in [5.41, 5.74) is 0.0728. The number of aliphatic hydroxyl groups is 4. The Labute approximate surface area is 191 Å². The van der Waals surface area contributed by atoms with Crippen LogP contribution >= 0.6 is 0 Å². The van der Waals surface area contributed by atoms with Gasteiger partial charge in [-0.15, -0.1) is 0 Å². The molecule has 1 aliphatic heterocycles. The number of phenolic OH excluding ortho intramolecular Hbond substituents is 4. The van der Waals surface area contributed by atoms with Gasteiger partial charge in [0.1, 0.15) is 41.3 Å². The van der Waals surface area contributed by atoms with Gasteiger partial charge in [0.25, 0.3) is 0 Å². The third-order valence-electron chi connectivity index (χ3n) is 5.42. The fourth-order valence-corrected chi connectivity index (χ4v) is 3.70. The molecule has 0 bridgehead atoms. The Hall–Kier alpha value is -3.55. The van der Waals surface area contributed by atoms with Crippen LogP contribution in [0.4, 0.5) is 0 Å². The molecule has 1 aliphatic rings. The summed E-state index contributed by atoms with van der Waals surface area (Å²) < 4.78 is 21.8. The Morgan fingerprint density at radius 2 is 1.56 bits per heavy atom. The molecule has 12 heteroatoms. The van der Waals surface area contributed by atoms with E-state index in [1.54, 1.807) is 0 Å². The SMILES string of the molecule is COc1c(O)cc(-c2[o+]c3cc(O)cc(O)c3cc2O[C@@H]2O[C@H](CO)[C@@H](O)[C@H](O)[C@H]2O)cc1O. The molecule has 5 atom stereocenters. The lowest BCUT2D eigenvalue weighted by atomic mass is 9.99. The number of rotatable bonds is 5. The molecule has 34 heavy (non-hydrogen) atoms. The van der Waals surface area contributed by atoms with Crippen LogP contribution in [0.25, 0.3) is 22.3 Å². The number of methoxy groups -OCH3 is 1. The van der Waals surface area contributed by atoms with Crippen molar-refractivity contribution in [3.63, 3.8) is 0 Å². The van der Waals surface area contributed by atoms with E-state index in [2.05, 4.69) is 0 Å². The van der Waals surface area contributed by atoms with Crippen molar-refractivity contribution in [1.29, 1.82) is 0 Å². The van der Waals surface area contributed by atoms with Gasteiger partial charge in [-0.05, 0) is 0 Å². The first-order valence-corrected chi connectivity index (χ1v) is 10.0. The van der Waals surface area contributed by atoms with Crippen molar-refractivity contribution >= 4 is 11.0 Å². The van der Waals surface area contributed by atoms with Gasteiger partial charge in [-0.1, -0.05) is 0 Å². The average molecular weight is 479 g/mol. The lowest BCUT2D eigenvalue weighted by Crippen LogP contribution is -2.60. The zero-order valence-corrected chi connectivity index (χ0v) is 17.7. The zero-order chi connectivity index (χ0) is 24.7. The van der Waals surface area contributed by atoms with E-state index in [0.29, 0.717) is 0 Å². The smallest absolute Gasteiger partial charge is 0.402 e. The van der Waals surface area contributed by atoms with E-state index < -0.39 is 48.8 Å². The lowest BCUT2D eigenvalue weighted by Gasteiger charge is -2.39. The molecule has 2 aromatic carbocycles. The van der Waals surface area contributed by atoms with Crippen molar-refractivity contribution in [3.05, 3.63) is 30.3 Å². The Bertz CT molecular complexity index is 1190. The molecule has 0 spiro atoms. The van der Waals surface area contributed by atoms with Crippen LogP contribution in [0, 0.1) is 0 Å². The van der Waals surface area contributed by atoms with Crippen LogP contribution in [0.3, 0.4) is 0 Å². The quantitative estimate of drug-likeness (QED) is 0.234. The molecule has 0 unspecified atom stereocenters. The summed E-state index contributed by atoms with van der Waals surface area (Å²) in [4.78, 5) is 0. The second kappa shape index (κ2) is 9.00. The summed E-state index contributed by atoms with van der Waals surface area (Å²) in [6.07, 6.45) is -7.91. The Kier molecular flexibility index (Phi) is 6.25. The van der Waals surface area contributed by atoms with Crippen LogP contribution in [0.1, 0.15) is 0 Å². The molecule has 0 radical (unpaired) electrons. The third kappa shape index (κ3) is 4.08. The molecule has 1 fully saturated rings. The summed E-state index contributed by atoms with van der Waals surface area (Å²) in [5, 5.41) is 80.4. The summed E-state index contributed by atoms with van der Waals surface area (Å²) in [5.74, 6) is -2.07. The Morgan fingerprint density at radius 1 is 0.882 bits per heavy atom. The molecule has 12 nitrogen and oxygen atoms in total. The third-order valence-corrected chi connectivity index (χ3v) is 5.42. The van der Waals surface area contributed by atoms with Crippen LogP contribution in [-0.2, 0) is 4.74 Å². The topological polar surface area (TPSA) is 201 Å². The van der Waals surface area contributed by atoms with Crippen LogP contribution in [-0.4, -0.2) is 85.3 Å². The highest BCUT2D eigenvalue weighted by Gasteiger charge is 2.45. The van der Waals surface area contributed by atoms with Crippen molar-refractivity contribution in [2.45, 2.75) is 30.7 Å². The number of ether oxygens (including phenoxy) is 3. The van der Waals surface area contributed by atoms with Crippen LogP contribution in [0.2, 0.25) is 0 Å². The molecule has 1 saturated heterocycles. The number of fused-ring (bicyclic) bond motifs is 1. The van der Waals surface area contributed by atoms with Crippen molar-refractivity contribution in [2.24, 2.45) is 0 Å². The maximum atomic E-state index is 10.4. The minimum Gasteiger partial charge on any atom is -0.507 e. The van der Waals surface area contributed by atoms with Crippen molar-refractivity contribution in [2.75, 3.05) is 13.7 Å². The predicted octanol–water partition coefficient (Wildman–Crippen LogP) is 0.391. The van der Waals surface area contributed by atoms with E-state index in [4.69, 9.17) is 18.6 Å².